The summed E-state index contributed by atoms with van der Waals surface area (Å²) in [5, 5.41) is 5.75. The highest BCUT2D eigenvalue weighted by molar-refractivity contribution is 9.10. The number of ether oxygens (including phenoxy) is 1. The standard InChI is InChI=1S/C28H28BrN3O4/c1-19-15-22(7-12-25(19)29)31-26(33)18-36-24-10-8-23(9-11-24)32-17-21(16-27(32)34)28(35)30-14-13-20-5-3-2-4-6-20/h2-12,15,21H,13-14,16-18H2,1H3,(H,30,35)(H,31,33)/t21-/m1/s1. The lowest BCUT2D eigenvalue weighted by atomic mass is 10.1. The molecule has 7 nitrogen and oxygen atoms in total. The molecule has 8 heteroatoms. The Morgan fingerprint density at radius 1 is 1.06 bits per heavy atom. The molecule has 186 valence electrons. The first kappa shape index (κ1) is 25.4. The summed E-state index contributed by atoms with van der Waals surface area (Å²) < 4.78 is 6.57. The topological polar surface area (TPSA) is 87.7 Å². The van der Waals surface area contributed by atoms with E-state index in [0.29, 0.717) is 30.2 Å². The molecule has 1 aliphatic heterocycles. The molecule has 3 aromatic carbocycles. The molecule has 2 N–H and O–H groups in total. The Kier molecular flexibility index (Phi) is 8.38. The molecule has 0 unspecified atom stereocenters. The van der Waals surface area contributed by atoms with Gasteiger partial charge in [0.15, 0.2) is 6.61 Å². The zero-order valence-electron chi connectivity index (χ0n) is 20.0. The van der Waals surface area contributed by atoms with Crippen LogP contribution in [0.25, 0.3) is 0 Å². The molecule has 1 atom stereocenters. The highest BCUT2D eigenvalue weighted by Crippen LogP contribution is 2.27. The van der Waals surface area contributed by atoms with Crippen molar-refractivity contribution in [1.82, 2.24) is 5.32 Å². The fraction of sp³-hybridized carbons (Fsp3) is 0.250. The average molecular weight is 550 g/mol. The van der Waals surface area contributed by atoms with E-state index in [-0.39, 0.29) is 36.7 Å². The van der Waals surface area contributed by atoms with Gasteiger partial charge in [-0.2, -0.15) is 0 Å². The second kappa shape index (κ2) is 11.9. The lowest BCUT2D eigenvalue weighted by Gasteiger charge is -2.17. The van der Waals surface area contributed by atoms with Crippen LogP contribution in [0.1, 0.15) is 17.5 Å². The van der Waals surface area contributed by atoms with Crippen molar-refractivity contribution in [3.63, 3.8) is 0 Å². The van der Waals surface area contributed by atoms with Crippen molar-refractivity contribution in [3.8, 4) is 5.75 Å². The Labute approximate surface area is 219 Å². The number of rotatable bonds is 9. The number of carbonyl (C=O) groups is 3. The van der Waals surface area contributed by atoms with E-state index in [1.807, 2.05) is 55.5 Å². The Bertz CT molecular complexity index is 1230. The van der Waals surface area contributed by atoms with Crippen molar-refractivity contribution in [2.45, 2.75) is 19.8 Å². The van der Waals surface area contributed by atoms with Crippen LogP contribution in [0.5, 0.6) is 5.75 Å². The number of halogens is 1. The molecule has 3 amide bonds. The molecule has 3 aromatic rings. The van der Waals surface area contributed by atoms with Gasteiger partial charge in [0.05, 0.1) is 5.92 Å². The maximum Gasteiger partial charge on any atom is 0.262 e. The number of amides is 3. The number of benzene rings is 3. The van der Waals surface area contributed by atoms with Gasteiger partial charge in [-0.25, -0.2) is 0 Å². The average Bonchev–Trinajstić information content (AvgIpc) is 3.27. The van der Waals surface area contributed by atoms with Crippen LogP contribution >= 0.6 is 15.9 Å². The third-order valence-electron chi connectivity index (χ3n) is 6.01. The van der Waals surface area contributed by atoms with Gasteiger partial charge < -0.3 is 20.3 Å². The number of carbonyl (C=O) groups excluding carboxylic acids is 3. The quantitative estimate of drug-likeness (QED) is 0.411. The van der Waals surface area contributed by atoms with Gasteiger partial charge in [-0.3, -0.25) is 14.4 Å². The summed E-state index contributed by atoms with van der Waals surface area (Å²) in [6, 6.07) is 22.5. The summed E-state index contributed by atoms with van der Waals surface area (Å²) in [6.45, 7) is 2.69. The lowest BCUT2D eigenvalue weighted by Crippen LogP contribution is -2.34. The van der Waals surface area contributed by atoms with Crippen LogP contribution in [-0.4, -0.2) is 37.4 Å². The van der Waals surface area contributed by atoms with Crippen LogP contribution in [-0.2, 0) is 20.8 Å². The Morgan fingerprint density at radius 2 is 1.81 bits per heavy atom. The Morgan fingerprint density at radius 3 is 2.53 bits per heavy atom. The molecule has 0 aromatic heterocycles. The molecule has 1 heterocycles. The number of aryl methyl sites for hydroxylation is 1. The van der Waals surface area contributed by atoms with Crippen LogP contribution in [0.3, 0.4) is 0 Å². The largest absolute Gasteiger partial charge is 0.484 e. The molecular weight excluding hydrogens is 522 g/mol. The van der Waals surface area contributed by atoms with Crippen LogP contribution in [0.2, 0.25) is 0 Å². The zero-order valence-corrected chi connectivity index (χ0v) is 21.6. The summed E-state index contributed by atoms with van der Waals surface area (Å²) >= 11 is 3.44. The Hall–Kier alpha value is -3.65. The number of hydrogen-bond donors (Lipinski definition) is 2. The fourth-order valence-corrected chi connectivity index (χ4v) is 4.29. The van der Waals surface area contributed by atoms with Crippen molar-refractivity contribution in [3.05, 3.63) is 88.4 Å². The van der Waals surface area contributed by atoms with Crippen molar-refractivity contribution in [2.24, 2.45) is 5.92 Å². The van der Waals surface area contributed by atoms with Crippen molar-refractivity contribution >= 4 is 45.0 Å². The normalized spacial score (nSPS) is 15.0. The summed E-state index contributed by atoms with van der Waals surface area (Å²) in [6.07, 6.45) is 0.935. The van der Waals surface area contributed by atoms with Crippen LogP contribution in [0, 0.1) is 12.8 Å². The summed E-state index contributed by atoms with van der Waals surface area (Å²) in [7, 11) is 0. The maximum absolute atomic E-state index is 12.6. The molecule has 0 spiro atoms. The predicted octanol–water partition coefficient (Wildman–Crippen LogP) is 4.49. The van der Waals surface area contributed by atoms with Crippen molar-refractivity contribution < 1.29 is 19.1 Å². The highest BCUT2D eigenvalue weighted by atomic mass is 79.9. The van der Waals surface area contributed by atoms with Crippen molar-refractivity contribution in [2.75, 3.05) is 29.9 Å². The first-order valence-corrected chi connectivity index (χ1v) is 12.6. The predicted molar refractivity (Wildman–Crippen MR) is 143 cm³/mol. The van der Waals surface area contributed by atoms with Crippen molar-refractivity contribution in [1.29, 1.82) is 0 Å². The minimum Gasteiger partial charge on any atom is -0.484 e. The van der Waals surface area contributed by atoms with Crippen LogP contribution in [0.15, 0.2) is 77.3 Å². The first-order valence-electron chi connectivity index (χ1n) is 11.8. The molecule has 0 saturated carbocycles. The van der Waals surface area contributed by atoms with E-state index in [0.717, 1.165) is 22.0 Å². The first-order chi connectivity index (χ1) is 17.4. The van der Waals surface area contributed by atoms with Crippen LogP contribution in [0.4, 0.5) is 11.4 Å². The third kappa shape index (κ3) is 6.73. The second-order valence-electron chi connectivity index (χ2n) is 8.73. The second-order valence-corrected chi connectivity index (χ2v) is 9.58. The van der Waals surface area contributed by atoms with E-state index in [1.165, 1.54) is 0 Å². The molecule has 0 bridgehead atoms. The van der Waals surface area contributed by atoms with E-state index in [2.05, 4.69) is 26.6 Å². The van der Waals surface area contributed by atoms with Gasteiger partial charge in [0.25, 0.3) is 5.91 Å². The monoisotopic (exact) mass is 549 g/mol. The van der Waals surface area contributed by atoms with Gasteiger partial charge in [0.1, 0.15) is 5.75 Å². The van der Waals surface area contributed by atoms with Gasteiger partial charge in [-0.1, -0.05) is 46.3 Å². The molecule has 1 aliphatic rings. The smallest absolute Gasteiger partial charge is 0.262 e. The van der Waals surface area contributed by atoms with Gasteiger partial charge in [0, 0.05) is 35.4 Å². The molecule has 0 aliphatic carbocycles. The molecule has 0 radical (unpaired) electrons. The SMILES string of the molecule is Cc1cc(NC(=O)COc2ccc(N3C[C@H](C(=O)NCCc4ccccc4)CC3=O)cc2)ccc1Br. The van der Waals surface area contributed by atoms with E-state index in [4.69, 9.17) is 4.74 Å². The zero-order chi connectivity index (χ0) is 25.5. The minimum absolute atomic E-state index is 0.0870. The maximum atomic E-state index is 12.6. The van der Waals surface area contributed by atoms with Crippen LogP contribution < -0.4 is 20.3 Å². The van der Waals surface area contributed by atoms with E-state index in [1.54, 1.807) is 29.2 Å². The van der Waals surface area contributed by atoms with Gasteiger partial charge in [-0.05, 0) is 66.9 Å². The number of nitrogens with one attached hydrogen (secondary N) is 2. The molecule has 1 fully saturated rings. The molecule has 1 saturated heterocycles. The molecule has 4 rings (SSSR count). The van der Waals surface area contributed by atoms with E-state index >= 15 is 0 Å². The molecular formula is C28H28BrN3O4. The summed E-state index contributed by atoms with van der Waals surface area (Å²) in [4.78, 5) is 39.0. The highest BCUT2D eigenvalue weighted by Gasteiger charge is 2.34. The third-order valence-corrected chi connectivity index (χ3v) is 6.90. The molecule has 36 heavy (non-hydrogen) atoms. The number of nitrogens with zero attached hydrogens (tertiary/aromatic N) is 1. The van der Waals surface area contributed by atoms with Gasteiger partial charge in [-0.15, -0.1) is 0 Å². The van der Waals surface area contributed by atoms with E-state index in [9.17, 15) is 14.4 Å². The Balaban J connectivity index is 1.24. The number of hydrogen-bond acceptors (Lipinski definition) is 4. The lowest BCUT2D eigenvalue weighted by molar-refractivity contribution is -0.126. The summed E-state index contributed by atoms with van der Waals surface area (Å²) in [5.41, 5.74) is 3.57. The fourth-order valence-electron chi connectivity index (χ4n) is 4.04. The minimum atomic E-state index is -0.379. The van der Waals surface area contributed by atoms with Gasteiger partial charge >= 0.3 is 0 Å². The summed E-state index contributed by atoms with van der Waals surface area (Å²) in [5.74, 6) is -0.320. The number of anilines is 2. The van der Waals surface area contributed by atoms with E-state index < -0.39 is 0 Å². The van der Waals surface area contributed by atoms with Gasteiger partial charge in [0.2, 0.25) is 11.8 Å².